The molecule has 1 N–H and O–H groups in total. The number of halogens is 2. The summed E-state index contributed by atoms with van der Waals surface area (Å²) in [4.78, 5) is 105. The number of nitrogens with zero attached hydrogens (tertiary/aromatic N) is 21. The molecule has 12 heterocycles. The van der Waals surface area contributed by atoms with E-state index in [-0.39, 0.29) is 128 Å². The Balaban J connectivity index is 0.000000181. The van der Waals surface area contributed by atoms with Crippen LogP contribution in [0.2, 0.25) is 10.0 Å². The molecular formula is C100H125Cl2N21O9S4. The summed E-state index contributed by atoms with van der Waals surface area (Å²) in [5, 5.41) is 17.4. The number of likely N-dealkylation sites (tertiary alicyclic amines) is 3. The van der Waals surface area contributed by atoms with Gasteiger partial charge in [0, 0.05) is 153 Å². The Labute approximate surface area is 835 Å². The number of anilines is 6. The predicted molar refractivity (Wildman–Crippen MR) is 558 cm³/mol. The molecule has 0 bridgehead atoms. The minimum atomic E-state index is -0.319. The zero-order valence-electron chi connectivity index (χ0n) is 78.3. The molecule has 0 radical (unpaired) electrons. The number of piperazine rings is 3. The number of fused-ring (bicyclic) bond motifs is 6. The number of carbonyl (C=O) groups excluding carboxylic acids is 3. The number of hydrogen-bond acceptors (Lipinski definition) is 24. The minimum absolute atomic E-state index is 0. The quantitative estimate of drug-likeness (QED) is 0.0335. The van der Waals surface area contributed by atoms with Crippen molar-refractivity contribution in [2.45, 2.75) is 121 Å². The van der Waals surface area contributed by atoms with Crippen LogP contribution in [0.15, 0.2) is 146 Å². The monoisotopic (exact) mass is 1960 g/mol. The molecule has 36 heteroatoms. The van der Waals surface area contributed by atoms with E-state index >= 15 is 0 Å². The normalized spacial score (nSPS) is 19.9. The van der Waals surface area contributed by atoms with E-state index in [0.717, 1.165) is 185 Å². The van der Waals surface area contributed by atoms with Gasteiger partial charge in [-0.3, -0.25) is 14.4 Å². The first-order chi connectivity index (χ1) is 64.2. The number of rotatable bonds is 24. The molecule has 0 unspecified atom stereocenters. The molecule has 30 nitrogen and oxygen atoms in total. The SMILES string of the molecule is S.S.S.S.[C-]#[N+]C[C@H]1CN(c2nc(OC[C@@H]3CCCN3C)nc3c2CCN(c2cccc4cccc(C)c24)C3)CCN1C(=O)C(=C)OC.[C-]#[N+]C[C@H]1CN(c2nc(OC[C@@H]3CCCN3C)nc3c2CCN(c2cccc4cccc(Cl)c24)C3)CCN1C(=O)/C=C/CO.[C-]#[N+]C[C@H]1CN(c2nc(OC[C@@H]3CCCN3C)nc3c2CCN(c2cccc4cccc(Cl)c24)C3)CCN1C(=O)C(=C)OC. The van der Waals surface area contributed by atoms with Gasteiger partial charge in [-0.2, -0.15) is 83.9 Å². The van der Waals surface area contributed by atoms with Crippen molar-refractivity contribution in [2.75, 3.05) is 209 Å². The van der Waals surface area contributed by atoms with E-state index in [2.05, 4.69) is 185 Å². The molecule has 18 rings (SSSR count). The maximum absolute atomic E-state index is 13.0. The Morgan fingerprint density at radius 1 is 0.434 bits per heavy atom. The fourth-order valence-electron chi connectivity index (χ4n) is 20.2. The molecule has 3 amide bonds. The third kappa shape index (κ3) is 23.2. The summed E-state index contributed by atoms with van der Waals surface area (Å²) in [7, 11) is 9.28. The summed E-state index contributed by atoms with van der Waals surface area (Å²) >= 11 is 13.4. The molecule has 9 aliphatic rings. The van der Waals surface area contributed by atoms with Gasteiger partial charge >= 0.3 is 18.0 Å². The Morgan fingerprint density at radius 2 is 0.757 bits per heavy atom. The van der Waals surface area contributed by atoms with Gasteiger partial charge < -0.3 is 102 Å². The van der Waals surface area contributed by atoms with Crippen molar-refractivity contribution in [1.29, 1.82) is 0 Å². The molecule has 6 aromatic carbocycles. The number of aromatic nitrogens is 6. The van der Waals surface area contributed by atoms with E-state index in [1.165, 1.54) is 54.8 Å². The van der Waals surface area contributed by atoms with Crippen LogP contribution in [0.1, 0.15) is 77.9 Å². The van der Waals surface area contributed by atoms with Crippen molar-refractivity contribution in [1.82, 2.24) is 59.3 Å². The lowest BCUT2D eigenvalue weighted by Crippen LogP contribution is -2.57. The highest BCUT2D eigenvalue weighted by molar-refractivity contribution is 7.59. The van der Waals surface area contributed by atoms with Crippen molar-refractivity contribution in [3.05, 3.63) is 230 Å². The van der Waals surface area contributed by atoms with Gasteiger partial charge in [0.15, 0.2) is 11.5 Å². The van der Waals surface area contributed by atoms with Gasteiger partial charge in [0.2, 0.25) is 25.5 Å². The molecule has 0 saturated carbocycles. The van der Waals surface area contributed by atoms with E-state index in [1.54, 1.807) is 14.7 Å². The third-order valence-corrected chi connectivity index (χ3v) is 28.1. The highest BCUT2D eigenvalue weighted by atomic mass is 35.5. The molecule has 3 aromatic heterocycles. The van der Waals surface area contributed by atoms with E-state index in [1.807, 2.05) is 24.3 Å². The van der Waals surface area contributed by atoms with E-state index < -0.39 is 0 Å². The van der Waals surface area contributed by atoms with Crippen LogP contribution >= 0.6 is 77.2 Å². The average Bonchev–Trinajstić information content (AvgIpc) is 0.810. The summed E-state index contributed by atoms with van der Waals surface area (Å²) in [5.41, 5.74) is 10.7. The van der Waals surface area contributed by atoms with Gasteiger partial charge in [-0.1, -0.05) is 121 Å². The molecule has 9 aliphatic heterocycles. The molecule has 6 atom stereocenters. The summed E-state index contributed by atoms with van der Waals surface area (Å²) in [6, 6.07) is 38.7. The maximum atomic E-state index is 13.0. The third-order valence-electron chi connectivity index (χ3n) is 27.5. The second kappa shape index (κ2) is 47.9. The molecule has 6 fully saturated rings. The number of likely N-dealkylation sites (N-methyl/N-ethyl adjacent to an activating group) is 3. The highest BCUT2D eigenvalue weighted by Crippen LogP contribution is 2.43. The zero-order chi connectivity index (χ0) is 92.2. The van der Waals surface area contributed by atoms with Crippen molar-refractivity contribution < 1.29 is 43.2 Å². The standard InChI is InChI=1S/C34H41N7O3.2C33H38ClN7O3.4H2S/c1-23-9-6-10-25-11-7-13-30(31(23)25)39-16-14-28-29(21-39)36-34(44-22-26-12-8-15-38(26)4)37-32(28)40-17-18-41(27(20-40)19-35-3)33(42)24(2)43-5;1-22(43-4)32(42)41-17-16-40(19-25(41)18-35-2)31-26-13-15-39(29-12-6-9-23-8-5-11-27(34)30(23)29)20-28(26)36-33(37-31)44-21-24-10-7-14-38(24)3;1-35-19-25-20-40(16-17-41(25)30(43)12-6-18-42)32-26-13-15-39(29-11-4-8-23-7-3-10-27(34)31(23)29)21-28(26)36-33(37-32)44-22-24-9-5-14-38(24)2;;;;/h6-7,9-11,13,26-27H,2,8,12,14-22H2,1,4-5H3;5-6,8-9,11-12,24-25H,1,7,10,13-21H2,3-4H3;3-4,6-8,10-12,24-25,42H,5,9,13-22H2,2H3;4*1H2/b;;12-6+;;;;/t26-,27-;2*24-,25-;;;;/m000..../s1. The second-order valence-electron chi connectivity index (χ2n) is 35.4. The Morgan fingerprint density at radius 3 is 1.09 bits per heavy atom. The second-order valence-corrected chi connectivity index (χ2v) is 36.2. The van der Waals surface area contributed by atoms with Crippen molar-refractivity contribution in [2.24, 2.45) is 0 Å². The number of ether oxygens (including phenoxy) is 5. The summed E-state index contributed by atoms with van der Waals surface area (Å²) < 4.78 is 29.2. The van der Waals surface area contributed by atoms with Crippen LogP contribution in [0.25, 0.3) is 46.9 Å². The number of benzene rings is 6. The number of methoxy groups -OCH3 is 2. The van der Waals surface area contributed by atoms with Crippen LogP contribution in [0.3, 0.4) is 0 Å². The van der Waals surface area contributed by atoms with Crippen LogP contribution in [0, 0.1) is 26.6 Å². The van der Waals surface area contributed by atoms with E-state index in [9.17, 15) is 14.4 Å². The minimum Gasteiger partial charge on any atom is -0.492 e. The molecule has 6 saturated heterocycles. The van der Waals surface area contributed by atoms with Crippen LogP contribution in [0.5, 0.6) is 18.0 Å². The lowest BCUT2D eigenvalue weighted by Gasteiger charge is -2.41. The highest BCUT2D eigenvalue weighted by Gasteiger charge is 2.42. The lowest BCUT2D eigenvalue weighted by atomic mass is 9.99. The van der Waals surface area contributed by atoms with Crippen LogP contribution < -0.4 is 43.6 Å². The van der Waals surface area contributed by atoms with E-state index in [4.69, 9.17) is 102 Å². The fraction of sp³-hybridized carbons (Fsp3) is 0.460. The molecule has 722 valence electrons. The largest absolute Gasteiger partial charge is 0.492 e. The summed E-state index contributed by atoms with van der Waals surface area (Å²) in [5.74, 6) is 1.94. The maximum Gasteiger partial charge on any atom is 0.318 e. The Hall–Kier alpha value is -10.9. The number of hydrogen-bond donors (Lipinski definition) is 1. The van der Waals surface area contributed by atoms with Crippen molar-refractivity contribution in [3.63, 3.8) is 0 Å². The van der Waals surface area contributed by atoms with Crippen LogP contribution in [0.4, 0.5) is 34.5 Å². The van der Waals surface area contributed by atoms with Gasteiger partial charge in [0.05, 0.1) is 67.6 Å². The van der Waals surface area contributed by atoms with Gasteiger partial charge in [-0.15, -0.1) is 0 Å². The first kappa shape index (κ1) is 104. The first-order valence-electron chi connectivity index (χ1n) is 45.9. The number of amides is 3. The summed E-state index contributed by atoms with van der Waals surface area (Å²) in [6.07, 6.45) is 11.8. The molecule has 0 spiro atoms. The molecular weight excluding hydrogens is 1840 g/mol. The van der Waals surface area contributed by atoms with Crippen LogP contribution in [-0.4, -0.2) is 298 Å². The first-order valence-corrected chi connectivity index (χ1v) is 46.6. The summed E-state index contributed by atoms with van der Waals surface area (Å²) in [6.45, 7) is 46.2. The van der Waals surface area contributed by atoms with Gasteiger partial charge in [0.1, 0.15) is 55.4 Å². The van der Waals surface area contributed by atoms with Gasteiger partial charge in [-0.25, -0.2) is 19.7 Å². The number of aliphatic hydroxyl groups excluding tert-OH is 1. The fourth-order valence-corrected chi connectivity index (χ4v) is 20.7. The lowest BCUT2D eigenvalue weighted by molar-refractivity contribution is -0.133. The van der Waals surface area contributed by atoms with Gasteiger partial charge in [-0.05, 0) is 158 Å². The molecule has 0 aliphatic carbocycles. The van der Waals surface area contributed by atoms with Gasteiger partial charge in [0.25, 0.3) is 11.8 Å². The average molecular weight is 1960 g/mol. The topological polar surface area (TPSA) is 247 Å². The van der Waals surface area contributed by atoms with E-state index in [0.29, 0.717) is 135 Å². The zero-order valence-corrected chi connectivity index (χ0v) is 83.8. The number of aliphatic hydroxyl groups is 1. The Bertz CT molecular complexity index is 5700. The smallest absolute Gasteiger partial charge is 0.318 e. The Kier molecular flexibility index (Phi) is 36.6. The number of aryl methyl sites for hydroxylation is 1. The van der Waals surface area contributed by atoms with Crippen molar-refractivity contribution in [3.8, 4) is 18.0 Å². The molecule has 9 aromatic rings. The van der Waals surface area contributed by atoms with Crippen LogP contribution in [-0.2, 0) is 62.8 Å². The molecule has 136 heavy (non-hydrogen) atoms. The number of carbonyl (C=O) groups is 3. The van der Waals surface area contributed by atoms with Crippen molar-refractivity contribution >= 4 is 162 Å². The predicted octanol–water partition coefficient (Wildman–Crippen LogP) is 12.7.